The third-order valence-corrected chi connectivity index (χ3v) is 4.22. The van der Waals surface area contributed by atoms with E-state index in [0.29, 0.717) is 4.88 Å². The summed E-state index contributed by atoms with van der Waals surface area (Å²) in [5.74, 6) is -0.840. The normalized spacial score (nSPS) is 10.5. The maximum absolute atomic E-state index is 11.3. The van der Waals surface area contributed by atoms with Gasteiger partial charge in [-0.05, 0) is 58.9 Å². The quantitative estimate of drug-likeness (QED) is 0.780. The summed E-state index contributed by atoms with van der Waals surface area (Å²) in [5.41, 5.74) is -0.448. The molecule has 0 bridgehead atoms. The maximum Gasteiger partial charge on any atom is 0.412 e. The number of carbonyl (C=O) groups excluding carboxylic acids is 1. The number of carboxylic acid groups (broad SMARTS) is 1. The number of ether oxygens (including phenoxy) is 1. The molecule has 0 aliphatic heterocycles. The zero-order valence-corrected chi connectivity index (χ0v) is 15.4. The Morgan fingerprint density at radius 3 is 1.96 bits per heavy atom. The summed E-state index contributed by atoms with van der Waals surface area (Å²) in [6.45, 7) is 9.40. The first kappa shape index (κ1) is 19.2. The van der Waals surface area contributed by atoms with E-state index in [0.717, 1.165) is 14.8 Å². The minimum absolute atomic E-state index is 0.403. The zero-order valence-electron chi connectivity index (χ0n) is 13.8. The van der Waals surface area contributed by atoms with Gasteiger partial charge in [0.2, 0.25) is 0 Å². The number of thiophene rings is 2. The second-order valence-corrected chi connectivity index (χ2v) is 8.33. The number of hydrogen-bond donors (Lipinski definition) is 2. The third kappa shape index (κ3) is 7.80. The lowest BCUT2D eigenvalue weighted by molar-refractivity contribution is 0.0634. The Bertz CT molecular complexity index is 668. The van der Waals surface area contributed by atoms with E-state index in [2.05, 4.69) is 5.32 Å². The Labute approximate surface area is 143 Å². The molecule has 5 nitrogen and oxygen atoms in total. The summed E-state index contributed by atoms with van der Waals surface area (Å²) in [6.07, 6.45) is -0.403. The fourth-order valence-corrected chi connectivity index (χ4v) is 2.92. The van der Waals surface area contributed by atoms with Crippen molar-refractivity contribution in [3.63, 3.8) is 0 Å². The van der Waals surface area contributed by atoms with Crippen molar-refractivity contribution in [3.05, 3.63) is 38.9 Å². The van der Waals surface area contributed by atoms with Crippen LogP contribution in [0, 0.1) is 13.8 Å². The lowest BCUT2D eigenvalue weighted by Crippen LogP contribution is -2.26. The summed E-state index contributed by atoms with van der Waals surface area (Å²) in [6, 6.07) is 7.23. The largest absolute Gasteiger partial charge is 0.477 e. The van der Waals surface area contributed by atoms with Crippen molar-refractivity contribution in [1.29, 1.82) is 0 Å². The lowest BCUT2D eigenvalue weighted by atomic mass is 10.2. The molecule has 126 valence electrons. The zero-order chi connectivity index (χ0) is 17.6. The molecule has 0 fully saturated rings. The van der Waals surface area contributed by atoms with Crippen LogP contribution in [0.2, 0.25) is 0 Å². The Hall–Kier alpha value is -1.86. The van der Waals surface area contributed by atoms with Gasteiger partial charge in [0, 0.05) is 9.75 Å². The van der Waals surface area contributed by atoms with E-state index in [9.17, 15) is 9.59 Å². The smallest absolute Gasteiger partial charge is 0.412 e. The molecule has 0 saturated carbocycles. The van der Waals surface area contributed by atoms with E-state index < -0.39 is 17.7 Å². The summed E-state index contributed by atoms with van der Waals surface area (Å²) in [7, 11) is 0. The number of rotatable bonds is 2. The van der Waals surface area contributed by atoms with Crippen LogP contribution >= 0.6 is 22.7 Å². The molecule has 0 aromatic carbocycles. The molecule has 2 aromatic heterocycles. The summed E-state index contributed by atoms with van der Waals surface area (Å²) in [5, 5.41) is 11.9. The van der Waals surface area contributed by atoms with Crippen LogP contribution in [0.5, 0.6) is 0 Å². The van der Waals surface area contributed by atoms with E-state index in [1.165, 1.54) is 22.7 Å². The van der Waals surface area contributed by atoms with Crippen LogP contribution in [0.15, 0.2) is 24.3 Å². The van der Waals surface area contributed by atoms with Crippen LogP contribution in [0.25, 0.3) is 0 Å². The van der Waals surface area contributed by atoms with Gasteiger partial charge in [-0.3, -0.25) is 5.32 Å². The van der Waals surface area contributed by atoms with Gasteiger partial charge in [0.1, 0.15) is 10.5 Å². The van der Waals surface area contributed by atoms with Gasteiger partial charge >= 0.3 is 12.1 Å². The Morgan fingerprint density at radius 1 is 1.04 bits per heavy atom. The van der Waals surface area contributed by atoms with Gasteiger partial charge in [0.25, 0.3) is 0 Å². The minimum Gasteiger partial charge on any atom is -0.477 e. The number of amides is 1. The van der Waals surface area contributed by atoms with Crippen LogP contribution in [0.1, 0.15) is 40.2 Å². The first-order chi connectivity index (χ1) is 10.6. The van der Waals surface area contributed by atoms with Gasteiger partial charge < -0.3 is 9.84 Å². The summed E-state index contributed by atoms with van der Waals surface area (Å²) < 4.78 is 5.11. The van der Waals surface area contributed by atoms with Crippen molar-refractivity contribution < 1.29 is 19.4 Å². The fraction of sp³-hybridized carbons (Fsp3) is 0.375. The van der Waals surface area contributed by atoms with Crippen molar-refractivity contribution in [2.24, 2.45) is 0 Å². The van der Waals surface area contributed by atoms with Crippen molar-refractivity contribution in [2.75, 3.05) is 5.32 Å². The SMILES string of the molecule is Cc1ccc(C(=O)O)s1.Cc1ccc(NC(=O)OC(C)(C)C)s1. The minimum atomic E-state index is -0.840. The summed E-state index contributed by atoms with van der Waals surface area (Å²) >= 11 is 2.83. The second kappa shape index (κ2) is 8.12. The standard InChI is InChI=1S/C10H15NO2S.C6H6O2S/c1-7-5-6-8(14-7)11-9(12)13-10(2,3)4;1-4-2-3-5(9-4)6(7)8/h5-6H,1-4H3,(H,11,12);2-3H,1H3,(H,7,8). The van der Waals surface area contributed by atoms with E-state index in [-0.39, 0.29) is 0 Å². The van der Waals surface area contributed by atoms with E-state index >= 15 is 0 Å². The molecule has 0 saturated heterocycles. The first-order valence-corrected chi connectivity index (χ1v) is 8.56. The van der Waals surface area contributed by atoms with Crippen LogP contribution in [0.4, 0.5) is 9.80 Å². The molecule has 0 unspecified atom stereocenters. The molecule has 1 amide bonds. The van der Waals surface area contributed by atoms with Gasteiger partial charge in [-0.25, -0.2) is 9.59 Å². The van der Waals surface area contributed by atoms with Gasteiger partial charge in [-0.15, -0.1) is 22.7 Å². The number of anilines is 1. The molecule has 0 radical (unpaired) electrons. The molecule has 2 rings (SSSR count). The van der Waals surface area contributed by atoms with Crippen molar-refractivity contribution in [2.45, 2.75) is 40.2 Å². The molecule has 0 atom stereocenters. The molecule has 23 heavy (non-hydrogen) atoms. The molecular formula is C16H21NO4S2. The number of aryl methyl sites for hydroxylation is 2. The van der Waals surface area contributed by atoms with Crippen LogP contribution in [-0.2, 0) is 4.74 Å². The van der Waals surface area contributed by atoms with Crippen molar-refractivity contribution in [3.8, 4) is 0 Å². The summed E-state index contributed by atoms with van der Waals surface area (Å²) in [4.78, 5) is 24.1. The molecule has 2 aromatic rings. The highest BCUT2D eigenvalue weighted by Gasteiger charge is 2.16. The average Bonchev–Trinajstić information content (AvgIpc) is 2.97. The average molecular weight is 355 g/mol. The fourth-order valence-electron chi connectivity index (χ4n) is 1.46. The van der Waals surface area contributed by atoms with Crippen LogP contribution in [-0.4, -0.2) is 22.8 Å². The number of hydrogen-bond acceptors (Lipinski definition) is 5. The number of nitrogens with one attached hydrogen (secondary N) is 1. The number of aromatic carboxylic acids is 1. The molecule has 0 spiro atoms. The molecule has 0 aliphatic carbocycles. The molecule has 2 N–H and O–H groups in total. The third-order valence-electron chi connectivity index (χ3n) is 2.32. The second-order valence-electron chi connectivity index (χ2n) is 5.75. The number of carbonyl (C=O) groups is 2. The highest BCUT2D eigenvalue weighted by molar-refractivity contribution is 7.16. The molecule has 2 heterocycles. The van der Waals surface area contributed by atoms with Crippen molar-refractivity contribution in [1.82, 2.24) is 0 Å². The maximum atomic E-state index is 11.3. The molecular weight excluding hydrogens is 334 g/mol. The predicted octanol–water partition coefficient (Wildman–Crippen LogP) is 5.16. The van der Waals surface area contributed by atoms with Crippen LogP contribution < -0.4 is 5.32 Å². The Morgan fingerprint density at radius 2 is 1.61 bits per heavy atom. The van der Waals surface area contributed by atoms with Crippen molar-refractivity contribution >= 4 is 39.7 Å². The van der Waals surface area contributed by atoms with Gasteiger partial charge in [-0.2, -0.15) is 0 Å². The van der Waals surface area contributed by atoms with E-state index in [1.54, 1.807) is 12.1 Å². The van der Waals surface area contributed by atoms with Gasteiger partial charge in [-0.1, -0.05) is 0 Å². The lowest BCUT2D eigenvalue weighted by Gasteiger charge is -2.19. The van der Waals surface area contributed by atoms with Gasteiger partial charge in [0.05, 0.1) is 5.00 Å². The highest BCUT2D eigenvalue weighted by Crippen LogP contribution is 2.21. The monoisotopic (exact) mass is 355 g/mol. The first-order valence-electron chi connectivity index (χ1n) is 6.93. The van der Waals surface area contributed by atoms with Gasteiger partial charge in [0.15, 0.2) is 0 Å². The highest BCUT2D eigenvalue weighted by atomic mass is 32.1. The molecule has 0 aliphatic rings. The Kier molecular flexibility index (Phi) is 6.78. The van der Waals surface area contributed by atoms with E-state index in [1.807, 2.05) is 46.8 Å². The van der Waals surface area contributed by atoms with E-state index in [4.69, 9.17) is 9.84 Å². The van der Waals surface area contributed by atoms with Crippen LogP contribution in [0.3, 0.4) is 0 Å². The Balaban J connectivity index is 0.000000253. The predicted molar refractivity (Wildman–Crippen MR) is 94.9 cm³/mol. The topological polar surface area (TPSA) is 75.6 Å². The number of carboxylic acids is 1. The molecule has 7 heteroatoms.